The van der Waals surface area contributed by atoms with E-state index in [1.807, 2.05) is 80.8 Å². The van der Waals surface area contributed by atoms with Gasteiger partial charge < -0.3 is 19.5 Å². The van der Waals surface area contributed by atoms with Crippen molar-refractivity contribution >= 4 is 28.4 Å². The van der Waals surface area contributed by atoms with Gasteiger partial charge in [-0.2, -0.15) is 0 Å². The molecule has 178 valence electrons. The fourth-order valence-electron chi connectivity index (χ4n) is 5.19. The van der Waals surface area contributed by atoms with Crippen LogP contribution in [0.3, 0.4) is 0 Å². The highest BCUT2D eigenvalue weighted by molar-refractivity contribution is 6.05. The Morgan fingerprint density at radius 3 is 2.49 bits per heavy atom. The lowest BCUT2D eigenvalue weighted by Gasteiger charge is -2.41. The maximum atomic E-state index is 14.0. The molecule has 0 radical (unpaired) electrons. The van der Waals surface area contributed by atoms with Crippen LogP contribution >= 0.6 is 0 Å². The van der Waals surface area contributed by atoms with Gasteiger partial charge in [-0.05, 0) is 36.2 Å². The van der Waals surface area contributed by atoms with Gasteiger partial charge >= 0.3 is 0 Å². The van der Waals surface area contributed by atoms with E-state index in [1.54, 1.807) is 12.0 Å². The molecule has 1 aliphatic heterocycles. The Bertz CT molecular complexity index is 1410. The number of aryl methyl sites for hydroxylation is 2. The quantitative estimate of drug-likeness (QED) is 0.432. The number of amides is 2. The van der Waals surface area contributed by atoms with Crippen molar-refractivity contribution in [3.63, 3.8) is 0 Å². The molecule has 0 fully saturated rings. The van der Waals surface area contributed by atoms with Crippen molar-refractivity contribution in [3.8, 4) is 0 Å². The Balaban J connectivity index is 1.71. The van der Waals surface area contributed by atoms with Crippen LogP contribution in [0, 0.1) is 6.92 Å². The van der Waals surface area contributed by atoms with E-state index in [1.165, 1.54) is 0 Å². The Labute approximate surface area is 205 Å². The van der Waals surface area contributed by atoms with Crippen LogP contribution < -0.4 is 5.32 Å². The predicted octanol–water partition coefficient (Wildman–Crippen LogP) is 5.05. The molecule has 0 unspecified atom stereocenters. The first kappa shape index (κ1) is 22.9. The van der Waals surface area contributed by atoms with Gasteiger partial charge in [0.25, 0.3) is 5.91 Å². The second-order valence-corrected chi connectivity index (χ2v) is 9.02. The molecule has 2 heterocycles. The van der Waals surface area contributed by atoms with Gasteiger partial charge in [-0.15, -0.1) is 0 Å². The molecule has 5 rings (SSSR count). The standard InChI is InChI=1S/C29H29N3O3/c1-19-10-4-8-14-24(19)30-28(33)26-21-12-5-6-13-22(21)29(34)32(16-17-35-3)27(26)23-18-31(2)25-15-9-7-11-20(23)25/h4-15,18,26-27H,16-17H2,1-3H3,(H,30,33)/t26-,27-/m0/s1. The molecule has 0 saturated carbocycles. The minimum atomic E-state index is -0.592. The molecule has 2 amide bonds. The van der Waals surface area contributed by atoms with Gasteiger partial charge in [0.1, 0.15) is 0 Å². The number of carbonyl (C=O) groups is 2. The zero-order valence-electron chi connectivity index (χ0n) is 20.2. The normalized spacial score (nSPS) is 17.5. The van der Waals surface area contributed by atoms with Gasteiger partial charge in [0.15, 0.2) is 0 Å². The summed E-state index contributed by atoms with van der Waals surface area (Å²) in [6.07, 6.45) is 2.05. The predicted molar refractivity (Wildman–Crippen MR) is 138 cm³/mol. The number of hydrogen-bond donors (Lipinski definition) is 1. The summed E-state index contributed by atoms with van der Waals surface area (Å²) in [5.74, 6) is -0.818. The number of aromatic nitrogens is 1. The van der Waals surface area contributed by atoms with Crippen molar-refractivity contribution in [1.82, 2.24) is 9.47 Å². The molecule has 1 aromatic heterocycles. The van der Waals surface area contributed by atoms with Gasteiger partial charge in [0.2, 0.25) is 5.91 Å². The van der Waals surface area contributed by atoms with Crippen LogP contribution in [0.2, 0.25) is 0 Å². The number of para-hydroxylation sites is 2. The maximum absolute atomic E-state index is 14.0. The largest absolute Gasteiger partial charge is 0.383 e. The zero-order valence-corrected chi connectivity index (χ0v) is 20.2. The van der Waals surface area contributed by atoms with Crippen molar-refractivity contribution in [1.29, 1.82) is 0 Å². The summed E-state index contributed by atoms with van der Waals surface area (Å²) in [5.41, 5.74) is 5.07. The lowest BCUT2D eigenvalue weighted by molar-refractivity contribution is -0.119. The van der Waals surface area contributed by atoms with E-state index in [4.69, 9.17) is 4.74 Å². The number of rotatable bonds is 6. The number of carbonyl (C=O) groups excluding carboxylic acids is 2. The van der Waals surface area contributed by atoms with Gasteiger partial charge in [-0.3, -0.25) is 9.59 Å². The smallest absolute Gasteiger partial charge is 0.254 e. The van der Waals surface area contributed by atoms with Gasteiger partial charge in [0, 0.05) is 54.6 Å². The minimum absolute atomic E-state index is 0.0875. The van der Waals surface area contributed by atoms with Gasteiger partial charge in [0.05, 0.1) is 18.6 Å². The van der Waals surface area contributed by atoms with Crippen LogP contribution in [-0.4, -0.2) is 41.5 Å². The third-order valence-electron chi connectivity index (χ3n) is 6.91. The van der Waals surface area contributed by atoms with E-state index >= 15 is 0 Å². The molecular formula is C29H29N3O3. The Morgan fingerprint density at radius 1 is 0.971 bits per heavy atom. The second-order valence-electron chi connectivity index (χ2n) is 9.02. The topological polar surface area (TPSA) is 63.6 Å². The Hall–Kier alpha value is -3.90. The number of ether oxygens (including phenoxy) is 1. The van der Waals surface area contributed by atoms with Crippen molar-refractivity contribution < 1.29 is 14.3 Å². The number of methoxy groups -OCH3 is 1. The second kappa shape index (κ2) is 9.39. The molecule has 2 atom stereocenters. The molecular weight excluding hydrogens is 438 g/mol. The third-order valence-corrected chi connectivity index (χ3v) is 6.91. The van der Waals surface area contributed by atoms with Crippen LogP contribution in [0.15, 0.2) is 79.0 Å². The molecule has 0 aliphatic carbocycles. The molecule has 6 heteroatoms. The van der Waals surface area contributed by atoms with Crippen molar-refractivity contribution in [3.05, 3.63) is 101 Å². The molecule has 35 heavy (non-hydrogen) atoms. The number of benzene rings is 3. The summed E-state index contributed by atoms with van der Waals surface area (Å²) in [4.78, 5) is 29.6. The summed E-state index contributed by atoms with van der Waals surface area (Å²) in [6.45, 7) is 2.73. The summed E-state index contributed by atoms with van der Waals surface area (Å²) in [6, 6.07) is 22.8. The monoisotopic (exact) mass is 467 g/mol. The minimum Gasteiger partial charge on any atom is -0.383 e. The van der Waals surface area contributed by atoms with E-state index in [2.05, 4.69) is 22.0 Å². The molecule has 6 nitrogen and oxygen atoms in total. The van der Waals surface area contributed by atoms with Gasteiger partial charge in [-0.1, -0.05) is 54.6 Å². The van der Waals surface area contributed by atoms with Gasteiger partial charge in [-0.25, -0.2) is 0 Å². The highest BCUT2D eigenvalue weighted by Crippen LogP contribution is 2.45. The first-order chi connectivity index (χ1) is 17.0. The molecule has 1 N–H and O–H groups in total. The van der Waals surface area contributed by atoms with Crippen LogP contribution in [0.4, 0.5) is 5.69 Å². The SMILES string of the molecule is COCCN1C(=O)c2ccccc2[C@H](C(=O)Nc2ccccc2C)[C@@H]1c1cn(C)c2ccccc12. The highest BCUT2D eigenvalue weighted by Gasteiger charge is 2.45. The summed E-state index contributed by atoms with van der Waals surface area (Å²) < 4.78 is 7.42. The Morgan fingerprint density at radius 2 is 1.69 bits per heavy atom. The average molecular weight is 468 g/mol. The molecule has 0 spiro atoms. The van der Waals surface area contributed by atoms with Crippen LogP contribution in [0.5, 0.6) is 0 Å². The summed E-state index contributed by atoms with van der Waals surface area (Å²) >= 11 is 0. The number of nitrogens with zero attached hydrogens (tertiary/aromatic N) is 2. The maximum Gasteiger partial charge on any atom is 0.254 e. The van der Waals surface area contributed by atoms with E-state index in [0.29, 0.717) is 18.7 Å². The molecule has 0 saturated heterocycles. The molecule has 1 aliphatic rings. The fourth-order valence-corrected chi connectivity index (χ4v) is 5.19. The summed E-state index contributed by atoms with van der Waals surface area (Å²) in [5, 5.41) is 4.18. The van der Waals surface area contributed by atoms with Crippen LogP contribution in [0.1, 0.15) is 39.0 Å². The number of hydrogen-bond acceptors (Lipinski definition) is 3. The van der Waals surface area contributed by atoms with Crippen molar-refractivity contribution in [2.24, 2.45) is 7.05 Å². The number of nitrogens with one attached hydrogen (secondary N) is 1. The van der Waals surface area contributed by atoms with E-state index in [-0.39, 0.29) is 11.8 Å². The number of fused-ring (bicyclic) bond motifs is 2. The van der Waals surface area contributed by atoms with Crippen LogP contribution in [0.25, 0.3) is 10.9 Å². The first-order valence-corrected chi connectivity index (χ1v) is 11.8. The van der Waals surface area contributed by atoms with E-state index in [9.17, 15) is 9.59 Å². The first-order valence-electron chi connectivity index (χ1n) is 11.8. The van der Waals surface area contributed by atoms with E-state index < -0.39 is 12.0 Å². The van der Waals surface area contributed by atoms with Crippen molar-refractivity contribution in [2.45, 2.75) is 18.9 Å². The molecule has 4 aromatic rings. The molecule has 0 bridgehead atoms. The fraction of sp³-hybridized carbons (Fsp3) is 0.241. The van der Waals surface area contributed by atoms with Crippen molar-refractivity contribution in [2.75, 3.05) is 25.6 Å². The number of anilines is 1. The van der Waals surface area contributed by atoms with E-state index in [0.717, 1.165) is 33.3 Å². The average Bonchev–Trinajstić information content (AvgIpc) is 3.21. The zero-order chi connectivity index (χ0) is 24.5. The highest BCUT2D eigenvalue weighted by atomic mass is 16.5. The summed E-state index contributed by atoms with van der Waals surface area (Å²) in [7, 11) is 3.62. The van der Waals surface area contributed by atoms with Crippen LogP contribution in [-0.2, 0) is 16.6 Å². The Kier molecular flexibility index (Phi) is 6.14. The third kappa shape index (κ3) is 4.00. The lowest BCUT2D eigenvalue weighted by Crippen LogP contribution is -2.47. The molecule has 3 aromatic carbocycles. The lowest BCUT2D eigenvalue weighted by atomic mass is 9.79.